The van der Waals surface area contributed by atoms with Crippen molar-refractivity contribution < 1.29 is 9.21 Å². The number of amides is 1. The van der Waals surface area contributed by atoms with Crippen molar-refractivity contribution in [3.63, 3.8) is 0 Å². The van der Waals surface area contributed by atoms with Gasteiger partial charge in [-0.1, -0.05) is 35.3 Å². The first-order chi connectivity index (χ1) is 14.6. The van der Waals surface area contributed by atoms with Crippen molar-refractivity contribution in [1.29, 1.82) is 0 Å². The molecule has 7 heteroatoms. The third-order valence-electron chi connectivity index (χ3n) is 5.29. The molecule has 4 rings (SSSR count). The lowest BCUT2D eigenvalue weighted by atomic mass is 10.1. The Labute approximate surface area is 186 Å². The number of halogens is 2. The van der Waals surface area contributed by atoms with Gasteiger partial charge in [-0.3, -0.25) is 9.69 Å². The number of aromatic nitrogens is 1. The molecular formula is C23H23Cl2N3O2. The molecule has 0 spiro atoms. The standard InChI is InChI=1S/C23H23Cl2N3O2/c24-18-8-6-16(7-9-18)23-27-20(15-30-23)13-22(29)26-14-21(28-10-1-2-11-28)17-4-3-5-19(25)12-17/h3-9,12,15,21H,1-2,10-11,13-14H2,(H,26,29). The van der Waals surface area contributed by atoms with Gasteiger partial charge in [0.1, 0.15) is 6.26 Å². The Hall–Kier alpha value is -2.34. The van der Waals surface area contributed by atoms with Crippen LogP contribution in [0.1, 0.15) is 30.1 Å². The highest BCUT2D eigenvalue weighted by Crippen LogP contribution is 2.26. The van der Waals surface area contributed by atoms with Crippen LogP contribution in [-0.2, 0) is 11.2 Å². The number of benzene rings is 2. The largest absolute Gasteiger partial charge is 0.444 e. The maximum Gasteiger partial charge on any atom is 0.226 e. The van der Waals surface area contributed by atoms with Crippen molar-refractivity contribution >= 4 is 29.1 Å². The van der Waals surface area contributed by atoms with Crippen LogP contribution in [0.15, 0.2) is 59.2 Å². The summed E-state index contributed by atoms with van der Waals surface area (Å²) in [4.78, 5) is 19.4. The number of carbonyl (C=O) groups excluding carboxylic acids is 1. The highest BCUT2D eigenvalue weighted by atomic mass is 35.5. The van der Waals surface area contributed by atoms with Crippen LogP contribution in [0.25, 0.3) is 11.5 Å². The van der Waals surface area contributed by atoms with Gasteiger partial charge in [-0.25, -0.2) is 4.98 Å². The molecule has 1 saturated heterocycles. The van der Waals surface area contributed by atoms with E-state index < -0.39 is 0 Å². The molecule has 1 aliphatic heterocycles. The molecule has 0 radical (unpaired) electrons. The second-order valence-electron chi connectivity index (χ2n) is 7.45. The topological polar surface area (TPSA) is 58.4 Å². The average molecular weight is 444 g/mol. The van der Waals surface area contributed by atoms with Crippen LogP contribution in [0.5, 0.6) is 0 Å². The highest BCUT2D eigenvalue weighted by molar-refractivity contribution is 6.30. The van der Waals surface area contributed by atoms with Gasteiger partial charge in [0.15, 0.2) is 0 Å². The lowest BCUT2D eigenvalue weighted by molar-refractivity contribution is -0.120. The van der Waals surface area contributed by atoms with Gasteiger partial charge >= 0.3 is 0 Å². The van der Waals surface area contributed by atoms with E-state index in [1.165, 1.54) is 19.1 Å². The molecule has 1 unspecified atom stereocenters. The summed E-state index contributed by atoms with van der Waals surface area (Å²) in [6.45, 7) is 2.59. The molecule has 0 aliphatic carbocycles. The van der Waals surface area contributed by atoms with Crippen molar-refractivity contribution in [2.24, 2.45) is 0 Å². The second-order valence-corrected chi connectivity index (χ2v) is 8.32. The first-order valence-electron chi connectivity index (χ1n) is 10.0. The van der Waals surface area contributed by atoms with Gasteiger partial charge in [0.05, 0.1) is 18.2 Å². The fraction of sp³-hybridized carbons (Fsp3) is 0.304. The van der Waals surface area contributed by atoms with Crippen LogP contribution in [0.3, 0.4) is 0 Å². The van der Waals surface area contributed by atoms with Crippen LogP contribution in [0.2, 0.25) is 10.0 Å². The summed E-state index contributed by atoms with van der Waals surface area (Å²) in [6, 6.07) is 15.2. The van der Waals surface area contributed by atoms with Gasteiger partial charge < -0.3 is 9.73 Å². The number of hydrogen-bond donors (Lipinski definition) is 1. The SMILES string of the molecule is O=C(Cc1coc(-c2ccc(Cl)cc2)n1)NCC(c1cccc(Cl)c1)N1CCCC1. The second kappa shape index (κ2) is 9.65. The number of oxazole rings is 1. The Morgan fingerprint density at radius 2 is 1.87 bits per heavy atom. The predicted molar refractivity (Wildman–Crippen MR) is 119 cm³/mol. The molecule has 1 fully saturated rings. The Morgan fingerprint density at radius 3 is 2.60 bits per heavy atom. The van der Waals surface area contributed by atoms with Gasteiger partial charge in [-0.2, -0.15) is 0 Å². The van der Waals surface area contributed by atoms with Gasteiger partial charge in [0, 0.05) is 22.2 Å². The average Bonchev–Trinajstić information content (AvgIpc) is 3.41. The van der Waals surface area contributed by atoms with Crippen LogP contribution >= 0.6 is 23.2 Å². The van der Waals surface area contributed by atoms with Crippen molar-refractivity contribution in [1.82, 2.24) is 15.2 Å². The molecule has 2 heterocycles. The summed E-state index contributed by atoms with van der Waals surface area (Å²) in [5, 5.41) is 4.42. The summed E-state index contributed by atoms with van der Waals surface area (Å²) >= 11 is 12.1. The molecule has 1 aromatic heterocycles. The number of nitrogens with zero attached hydrogens (tertiary/aromatic N) is 2. The van der Waals surface area contributed by atoms with E-state index >= 15 is 0 Å². The van der Waals surface area contributed by atoms with Crippen LogP contribution in [-0.4, -0.2) is 35.4 Å². The van der Waals surface area contributed by atoms with E-state index in [0.717, 1.165) is 24.2 Å². The quantitative estimate of drug-likeness (QED) is 0.548. The lowest BCUT2D eigenvalue weighted by Gasteiger charge is -2.28. The van der Waals surface area contributed by atoms with E-state index in [1.807, 2.05) is 30.3 Å². The number of rotatable bonds is 7. The molecule has 156 valence electrons. The van der Waals surface area contributed by atoms with E-state index in [-0.39, 0.29) is 18.4 Å². The maximum absolute atomic E-state index is 12.6. The van der Waals surface area contributed by atoms with Gasteiger partial charge in [0.2, 0.25) is 11.8 Å². The molecule has 30 heavy (non-hydrogen) atoms. The molecule has 0 saturated carbocycles. The molecular weight excluding hydrogens is 421 g/mol. The van der Waals surface area contributed by atoms with Crippen LogP contribution < -0.4 is 5.32 Å². The Kier molecular flexibility index (Phi) is 6.72. The minimum Gasteiger partial charge on any atom is -0.444 e. The molecule has 1 atom stereocenters. The van der Waals surface area contributed by atoms with E-state index in [4.69, 9.17) is 27.6 Å². The predicted octanol–water partition coefficient (Wildman–Crippen LogP) is 5.14. The molecule has 2 aromatic carbocycles. The molecule has 5 nitrogen and oxygen atoms in total. The normalized spacial score (nSPS) is 15.3. The lowest BCUT2D eigenvalue weighted by Crippen LogP contribution is -2.37. The number of nitrogens with one attached hydrogen (secondary N) is 1. The zero-order valence-electron chi connectivity index (χ0n) is 16.5. The Morgan fingerprint density at radius 1 is 1.10 bits per heavy atom. The number of likely N-dealkylation sites (tertiary alicyclic amines) is 1. The molecule has 0 bridgehead atoms. The number of carbonyl (C=O) groups is 1. The summed E-state index contributed by atoms with van der Waals surface area (Å²) in [5.74, 6) is 0.389. The maximum atomic E-state index is 12.6. The first-order valence-corrected chi connectivity index (χ1v) is 10.8. The van der Waals surface area contributed by atoms with E-state index in [0.29, 0.717) is 28.2 Å². The zero-order valence-corrected chi connectivity index (χ0v) is 18.0. The van der Waals surface area contributed by atoms with Crippen molar-refractivity contribution in [3.8, 4) is 11.5 Å². The van der Waals surface area contributed by atoms with Gasteiger partial charge in [-0.05, 0) is 67.9 Å². The van der Waals surface area contributed by atoms with Crippen LogP contribution in [0.4, 0.5) is 0 Å². The van der Waals surface area contributed by atoms with Crippen molar-refractivity contribution in [2.45, 2.75) is 25.3 Å². The molecule has 1 N–H and O–H groups in total. The monoisotopic (exact) mass is 443 g/mol. The smallest absolute Gasteiger partial charge is 0.226 e. The number of hydrogen-bond acceptors (Lipinski definition) is 4. The van der Waals surface area contributed by atoms with Crippen molar-refractivity contribution in [3.05, 3.63) is 76.1 Å². The summed E-state index contributed by atoms with van der Waals surface area (Å²) in [5.41, 5.74) is 2.54. The van der Waals surface area contributed by atoms with Gasteiger partial charge in [0.25, 0.3) is 0 Å². The first kappa shape index (κ1) is 20.9. The van der Waals surface area contributed by atoms with Gasteiger partial charge in [-0.15, -0.1) is 0 Å². The summed E-state index contributed by atoms with van der Waals surface area (Å²) in [7, 11) is 0. The summed E-state index contributed by atoms with van der Waals surface area (Å²) < 4.78 is 5.52. The summed E-state index contributed by atoms with van der Waals surface area (Å²) in [6.07, 6.45) is 4.05. The van der Waals surface area contributed by atoms with Crippen LogP contribution in [0, 0.1) is 0 Å². The van der Waals surface area contributed by atoms with E-state index in [9.17, 15) is 4.79 Å². The molecule has 3 aromatic rings. The molecule has 1 amide bonds. The Balaban J connectivity index is 1.38. The zero-order chi connectivity index (χ0) is 20.9. The minimum absolute atomic E-state index is 0.0859. The molecule has 1 aliphatic rings. The highest BCUT2D eigenvalue weighted by Gasteiger charge is 2.24. The fourth-order valence-corrected chi connectivity index (χ4v) is 4.10. The fourth-order valence-electron chi connectivity index (χ4n) is 3.78. The van der Waals surface area contributed by atoms with E-state index in [2.05, 4.69) is 21.3 Å². The Bertz CT molecular complexity index is 998. The third-order valence-corrected chi connectivity index (χ3v) is 5.78. The van der Waals surface area contributed by atoms with Crippen molar-refractivity contribution in [2.75, 3.05) is 19.6 Å². The van der Waals surface area contributed by atoms with E-state index in [1.54, 1.807) is 12.1 Å². The minimum atomic E-state index is -0.0859. The third kappa shape index (κ3) is 5.22.